The number of methoxy groups -OCH3 is 1. The zero-order chi connectivity index (χ0) is 16.2. The van der Waals surface area contributed by atoms with Gasteiger partial charge in [0.2, 0.25) is 0 Å². The third-order valence-electron chi connectivity index (χ3n) is 3.39. The average Bonchev–Trinajstić information content (AvgIpc) is 2.61. The normalized spacial score (nSPS) is 10.3. The van der Waals surface area contributed by atoms with E-state index in [1.807, 2.05) is 6.07 Å². The standard InChI is InChI=1S/C18H14N2O3/c1-23-18(22)14-7-9-15-13(11-14)8-10-16(19-15)20-17(21)12-5-3-2-4-6-12/h2-11H,1H3,(H,19,20,21). The maximum atomic E-state index is 12.1. The van der Waals surface area contributed by atoms with Crippen LogP contribution in [0.5, 0.6) is 0 Å². The summed E-state index contributed by atoms with van der Waals surface area (Å²) in [7, 11) is 1.34. The maximum absolute atomic E-state index is 12.1. The number of hydrogen-bond donors (Lipinski definition) is 1. The first-order chi connectivity index (χ1) is 11.2. The molecule has 0 aliphatic rings. The number of carbonyl (C=O) groups excluding carboxylic acids is 2. The molecule has 0 saturated carbocycles. The molecule has 3 rings (SSSR count). The Morgan fingerprint density at radius 3 is 2.48 bits per heavy atom. The van der Waals surface area contributed by atoms with E-state index in [1.165, 1.54) is 7.11 Å². The van der Waals surface area contributed by atoms with Crippen molar-refractivity contribution in [3.63, 3.8) is 0 Å². The second-order valence-electron chi connectivity index (χ2n) is 4.92. The molecular formula is C18H14N2O3. The number of ether oxygens (including phenoxy) is 1. The lowest BCUT2D eigenvalue weighted by molar-refractivity contribution is 0.0601. The molecule has 23 heavy (non-hydrogen) atoms. The van der Waals surface area contributed by atoms with E-state index in [0.717, 1.165) is 5.39 Å². The van der Waals surface area contributed by atoms with E-state index in [-0.39, 0.29) is 5.91 Å². The van der Waals surface area contributed by atoms with Gasteiger partial charge in [-0.05, 0) is 42.5 Å². The summed E-state index contributed by atoms with van der Waals surface area (Å²) in [6.07, 6.45) is 0. The Hall–Kier alpha value is -3.21. The number of esters is 1. The summed E-state index contributed by atoms with van der Waals surface area (Å²) in [5.41, 5.74) is 1.71. The number of aromatic nitrogens is 1. The molecule has 0 saturated heterocycles. The zero-order valence-electron chi connectivity index (χ0n) is 12.4. The van der Waals surface area contributed by atoms with Gasteiger partial charge >= 0.3 is 5.97 Å². The van der Waals surface area contributed by atoms with Gasteiger partial charge < -0.3 is 10.1 Å². The summed E-state index contributed by atoms with van der Waals surface area (Å²) in [6, 6.07) is 17.5. The molecule has 1 N–H and O–H groups in total. The summed E-state index contributed by atoms with van der Waals surface area (Å²) in [5, 5.41) is 3.55. The lowest BCUT2D eigenvalue weighted by Crippen LogP contribution is -2.12. The van der Waals surface area contributed by atoms with E-state index in [4.69, 9.17) is 4.74 Å². The predicted molar refractivity (Wildman–Crippen MR) is 87.5 cm³/mol. The molecule has 1 heterocycles. The number of fused-ring (bicyclic) bond motifs is 1. The van der Waals surface area contributed by atoms with Crippen LogP contribution in [0, 0.1) is 0 Å². The van der Waals surface area contributed by atoms with Gasteiger partial charge in [-0.15, -0.1) is 0 Å². The molecule has 114 valence electrons. The highest BCUT2D eigenvalue weighted by atomic mass is 16.5. The van der Waals surface area contributed by atoms with Gasteiger partial charge in [0.15, 0.2) is 0 Å². The third kappa shape index (κ3) is 3.18. The quantitative estimate of drug-likeness (QED) is 0.754. The second kappa shape index (κ2) is 6.27. The molecule has 2 aromatic carbocycles. The molecule has 0 fully saturated rings. The molecule has 0 spiro atoms. The van der Waals surface area contributed by atoms with Crippen LogP contribution in [0.4, 0.5) is 5.82 Å². The fourth-order valence-electron chi connectivity index (χ4n) is 2.22. The van der Waals surface area contributed by atoms with Crippen molar-refractivity contribution in [2.45, 2.75) is 0 Å². The summed E-state index contributed by atoms with van der Waals surface area (Å²) >= 11 is 0. The first kappa shape index (κ1) is 14.7. The molecule has 1 aromatic heterocycles. The van der Waals surface area contributed by atoms with Gasteiger partial charge in [0, 0.05) is 10.9 Å². The molecule has 0 aliphatic carbocycles. The number of pyridine rings is 1. The van der Waals surface area contributed by atoms with Gasteiger partial charge in [0.1, 0.15) is 5.82 Å². The minimum Gasteiger partial charge on any atom is -0.465 e. The molecule has 3 aromatic rings. The van der Waals surface area contributed by atoms with Gasteiger partial charge in [0.05, 0.1) is 18.2 Å². The number of anilines is 1. The number of nitrogens with one attached hydrogen (secondary N) is 1. The molecule has 0 radical (unpaired) electrons. The Bertz CT molecular complexity index is 876. The number of nitrogens with zero attached hydrogens (tertiary/aromatic N) is 1. The van der Waals surface area contributed by atoms with E-state index in [2.05, 4.69) is 10.3 Å². The molecule has 5 heteroatoms. The van der Waals surface area contributed by atoms with Gasteiger partial charge in [-0.2, -0.15) is 0 Å². The highest BCUT2D eigenvalue weighted by molar-refractivity contribution is 6.04. The molecule has 1 amide bonds. The van der Waals surface area contributed by atoms with Crippen LogP contribution in [0.25, 0.3) is 10.9 Å². The second-order valence-corrected chi connectivity index (χ2v) is 4.92. The minimum absolute atomic E-state index is 0.219. The van der Waals surface area contributed by atoms with Crippen LogP contribution in [-0.2, 0) is 4.74 Å². The summed E-state index contributed by atoms with van der Waals surface area (Å²) in [4.78, 5) is 28.0. The Morgan fingerprint density at radius 2 is 1.74 bits per heavy atom. The third-order valence-corrected chi connectivity index (χ3v) is 3.39. The van der Waals surface area contributed by atoms with Crippen molar-refractivity contribution in [3.8, 4) is 0 Å². The van der Waals surface area contributed by atoms with Crippen molar-refractivity contribution in [2.75, 3.05) is 12.4 Å². The fourth-order valence-corrected chi connectivity index (χ4v) is 2.22. The van der Waals surface area contributed by atoms with Gasteiger partial charge in [-0.3, -0.25) is 4.79 Å². The first-order valence-corrected chi connectivity index (χ1v) is 7.03. The molecule has 0 aliphatic heterocycles. The Kier molecular flexibility index (Phi) is 4.01. The van der Waals surface area contributed by atoms with Gasteiger partial charge in [0.25, 0.3) is 5.91 Å². The van der Waals surface area contributed by atoms with Gasteiger partial charge in [-0.25, -0.2) is 9.78 Å². The van der Waals surface area contributed by atoms with Crippen molar-refractivity contribution >= 4 is 28.6 Å². The van der Waals surface area contributed by atoms with E-state index in [9.17, 15) is 9.59 Å². The maximum Gasteiger partial charge on any atom is 0.337 e. The van der Waals surface area contributed by atoms with Crippen LogP contribution in [0.2, 0.25) is 0 Å². The minimum atomic E-state index is -0.395. The fraction of sp³-hybridized carbons (Fsp3) is 0.0556. The number of rotatable bonds is 3. The molecule has 0 unspecified atom stereocenters. The number of amides is 1. The molecular weight excluding hydrogens is 292 g/mol. The average molecular weight is 306 g/mol. The van der Waals surface area contributed by atoms with Crippen LogP contribution in [0.3, 0.4) is 0 Å². The van der Waals surface area contributed by atoms with Crippen LogP contribution in [0.15, 0.2) is 60.7 Å². The molecule has 5 nitrogen and oxygen atoms in total. The van der Waals surface area contributed by atoms with E-state index >= 15 is 0 Å². The predicted octanol–water partition coefficient (Wildman–Crippen LogP) is 3.27. The Balaban J connectivity index is 1.86. The SMILES string of the molecule is COC(=O)c1ccc2nc(NC(=O)c3ccccc3)ccc2c1. The molecule has 0 atom stereocenters. The first-order valence-electron chi connectivity index (χ1n) is 7.03. The van der Waals surface area contributed by atoms with Crippen molar-refractivity contribution < 1.29 is 14.3 Å². The summed E-state index contributed by atoms with van der Waals surface area (Å²) in [6.45, 7) is 0. The van der Waals surface area contributed by atoms with Gasteiger partial charge in [-0.1, -0.05) is 18.2 Å². The summed E-state index contributed by atoms with van der Waals surface area (Å²) in [5.74, 6) is -0.158. The van der Waals surface area contributed by atoms with Crippen molar-refractivity contribution in [3.05, 3.63) is 71.8 Å². The highest BCUT2D eigenvalue weighted by Crippen LogP contribution is 2.18. The Morgan fingerprint density at radius 1 is 0.957 bits per heavy atom. The Labute approximate surface area is 132 Å². The van der Waals surface area contributed by atoms with E-state index in [1.54, 1.807) is 54.6 Å². The number of benzene rings is 2. The van der Waals surface area contributed by atoms with Crippen LogP contribution in [-0.4, -0.2) is 24.0 Å². The van der Waals surface area contributed by atoms with Crippen LogP contribution >= 0.6 is 0 Å². The van der Waals surface area contributed by atoms with Crippen LogP contribution < -0.4 is 5.32 Å². The largest absolute Gasteiger partial charge is 0.465 e. The van der Waals surface area contributed by atoms with Crippen molar-refractivity contribution in [2.24, 2.45) is 0 Å². The monoisotopic (exact) mass is 306 g/mol. The summed E-state index contributed by atoms with van der Waals surface area (Å²) < 4.78 is 4.69. The molecule has 0 bridgehead atoms. The lowest BCUT2D eigenvalue weighted by Gasteiger charge is -2.06. The van der Waals surface area contributed by atoms with Crippen molar-refractivity contribution in [1.82, 2.24) is 4.98 Å². The van der Waals surface area contributed by atoms with E-state index < -0.39 is 5.97 Å². The topological polar surface area (TPSA) is 68.3 Å². The zero-order valence-corrected chi connectivity index (χ0v) is 12.4. The van der Waals surface area contributed by atoms with E-state index in [0.29, 0.717) is 22.5 Å². The van der Waals surface area contributed by atoms with Crippen LogP contribution in [0.1, 0.15) is 20.7 Å². The number of hydrogen-bond acceptors (Lipinski definition) is 4. The van der Waals surface area contributed by atoms with Crippen molar-refractivity contribution in [1.29, 1.82) is 0 Å². The number of carbonyl (C=O) groups is 2. The smallest absolute Gasteiger partial charge is 0.337 e. The lowest BCUT2D eigenvalue weighted by atomic mass is 10.1. The highest BCUT2D eigenvalue weighted by Gasteiger charge is 2.09.